The zero-order valence-corrected chi connectivity index (χ0v) is 13.5. The minimum absolute atomic E-state index is 0.445. The van der Waals surface area contributed by atoms with Crippen molar-refractivity contribution >= 4 is 0 Å². The van der Waals surface area contributed by atoms with Gasteiger partial charge in [0.05, 0.1) is 5.69 Å². The van der Waals surface area contributed by atoms with Gasteiger partial charge in [-0.3, -0.25) is 9.58 Å². The number of nitrogens with one attached hydrogen (secondary N) is 1. The quantitative estimate of drug-likeness (QED) is 0.868. The molecule has 0 saturated carbocycles. The lowest BCUT2D eigenvalue weighted by Crippen LogP contribution is -2.43. The van der Waals surface area contributed by atoms with Crippen molar-refractivity contribution in [2.45, 2.75) is 65.6 Å². The summed E-state index contributed by atoms with van der Waals surface area (Å²) in [5.74, 6) is 0. The summed E-state index contributed by atoms with van der Waals surface area (Å²) in [4.78, 5) is 2.66. The van der Waals surface area contributed by atoms with E-state index in [2.05, 4.69) is 53.9 Å². The van der Waals surface area contributed by atoms with Gasteiger partial charge in [0.2, 0.25) is 0 Å². The van der Waals surface area contributed by atoms with Gasteiger partial charge in [0.25, 0.3) is 0 Å². The van der Waals surface area contributed by atoms with E-state index in [1.165, 1.54) is 37.1 Å². The fourth-order valence-corrected chi connectivity index (χ4v) is 3.01. The van der Waals surface area contributed by atoms with Gasteiger partial charge in [-0.05, 0) is 59.7 Å². The van der Waals surface area contributed by atoms with Crippen molar-refractivity contribution in [3.05, 3.63) is 17.5 Å². The lowest BCUT2D eigenvalue weighted by atomic mass is 10.0. The summed E-state index contributed by atoms with van der Waals surface area (Å²) in [6.07, 6.45) is 6.01. The van der Waals surface area contributed by atoms with E-state index in [4.69, 9.17) is 0 Å². The summed E-state index contributed by atoms with van der Waals surface area (Å²) in [5.41, 5.74) is 2.58. The van der Waals surface area contributed by atoms with Gasteiger partial charge >= 0.3 is 0 Å². The minimum Gasteiger partial charge on any atom is -0.317 e. The van der Waals surface area contributed by atoms with Crippen molar-refractivity contribution in [2.75, 3.05) is 19.6 Å². The molecule has 2 heterocycles. The van der Waals surface area contributed by atoms with Gasteiger partial charge in [0.1, 0.15) is 0 Å². The molecule has 1 fully saturated rings. The molecule has 114 valence electrons. The third kappa shape index (κ3) is 3.83. The number of aromatic nitrogens is 2. The highest BCUT2D eigenvalue weighted by Gasteiger charge is 2.21. The average molecular weight is 278 g/mol. The first-order chi connectivity index (χ1) is 9.61. The molecule has 1 aliphatic rings. The normalized spacial score (nSPS) is 17.3. The van der Waals surface area contributed by atoms with Crippen LogP contribution < -0.4 is 5.32 Å². The van der Waals surface area contributed by atoms with Crippen LogP contribution in [0.25, 0.3) is 0 Å². The van der Waals surface area contributed by atoms with Gasteiger partial charge in [-0.15, -0.1) is 0 Å². The van der Waals surface area contributed by atoms with Gasteiger partial charge < -0.3 is 5.32 Å². The van der Waals surface area contributed by atoms with Crippen molar-refractivity contribution in [2.24, 2.45) is 0 Å². The second kappa shape index (κ2) is 7.23. The van der Waals surface area contributed by atoms with Crippen LogP contribution in [-0.2, 0) is 6.54 Å². The monoisotopic (exact) mass is 278 g/mol. The lowest BCUT2D eigenvalue weighted by molar-refractivity contribution is 0.154. The Morgan fingerprint density at radius 2 is 2.10 bits per heavy atom. The van der Waals surface area contributed by atoms with Crippen LogP contribution in [-0.4, -0.2) is 40.4 Å². The van der Waals surface area contributed by atoms with Gasteiger partial charge in [-0.2, -0.15) is 5.10 Å². The number of piperidine rings is 1. The molecule has 0 aliphatic carbocycles. The van der Waals surface area contributed by atoms with E-state index in [1.807, 2.05) is 0 Å². The first kappa shape index (κ1) is 15.5. The number of rotatable bonds is 6. The summed E-state index contributed by atoms with van der Waals surface area (Å²) < 4.78 is 2.09. The highest BCUT2D eigenvalue weighted by atomic mass is 15.3. The maximum Gasteiger partial charge on any atom is 0.0638 e. The highest BCUT2D eigenvalue weighted by molar-refractivity contribution is 5.15. The molecule has 1 aromatic heterocycles. The second-order valence-corrected chi connectivity index (χ2v) is 6.27. The number of aryl methyl sites for hydroxylation is 1. The van der Waals surface area contributed by atoms with Crippen molar-refractivity contribution in [1.29, 1.82) is 0 Å². The van der Waals surface area contributed by atoms with Crippen LogP contribution in [0.2, 0.25) is 0 Å². The molecule has 1 aromatic rings. The maximum atomic E-state index is 4.65. The first-order valence-corrected chi connectivity index (χ1v) is 8.11. The maximum absolute atomic E-state index is 4.65. The third-order valence-corrected chi connectivity index (χ3v) is 4.26. The largest absolute Gasteiger partial charge is 0.317 e. The van der Waals surface area contributed by atoms with Crippen LogP contribution in [0, 0.1) is 6.92 Å². The van der Waals surface area contributed by atoms with E-state index < -0.39 is 0 Å². The molecule has 0 spiro atoms. The summed E-state index contributed by atoms with van der Waals surface area (Å²) in [6.45, 7) is 13.4. The van der Waals surface area contributed by atoms with E-state index in [0.29, 0.717) is 6.04 Å². The molecule has 2 rings (SSSR count). The van der Waals surface area contributed by atoms with Crippen molar-refractivity contribution < 1.29 is 0 Å². The molecule has 0 unspecified atom stereocenters. The molecule has 4 nitrogen and oxygen atoms in total. The Morgan fingerprint density at radius 3 is 2.65 bits per heavy atom. The SMILES string of the molecule is CCCN(Cc1cn(C(C)C)nc1C)C1CCNCC1. The van der Waals surface area contributed by atoms with Gasteiger partial charge in [0, 0.05) is 30.4 Å². The predicted molar refractivity (Wildman–Crippen MR) is 83.9 cm³/mol. The van der Waals surface area contributed by atoms with Gasteiger partial charge in [0.15, 0.2) is 0 Å². The van der Waals surface area contributed by atoms with Crippen LogP contribution in [0.4, 0.5) is 0 Å². The Morgan fingerprint density at radius 1 is 1.40 bits per heavy atom. The topological polar surface area (TPSA) is 33.1 Å². The van der Waals surface area contributed by atoms with E-state index in [0.717, 1.165) is 25.7 Å². The smallest absolute Gasteiger partial charge is 0.0638 e. The van der Waals surface area contributed by atoms with E-state index in [9.17, 15) is 0 Å². The molecular formula is C16H30N4. The minimum atomic E-state index is 0.445. The Balaban J connectivity index is 2.06. The zero-order valence-electron chi connectivity index (χ0n) is 13.5. The van der Waals surface area contributed by atoms with Gasteiger partial charge in [-0.1, -0.05) is 6.92 Å². The molecular weight excluding hydrogens is 248 g/mol. The number of hydrogen-bond donors (Lipinski definition) is 1. The first-order valence-electron chi connectivity index (χ1n) is 8.11. The van der Waals surface area contributed by atoms with E-state index in [1.54, 1.807) is 0 Å². The zero-order chi connectivity index (χ0) is 14.5. The van der Waals surface area contributed by atoms with E-state index in [-0.39, 0.29) is 0 Å². The molecule has 0 bridgehead atoms. The molecule has 1 N–H and O–H groups in total. The predicted octanol–water partition coefficient (Wildman–Crippen LogP) is 2.74. The second-order valence-electron chi connectivity index (χ2n) is 6.27. The molecule has 4 heteroatoms. The molecule has 20 heavy (non-hydrogen) atoms. The molecule has 0 amide bonds. The molecule has 0 aromatic carbocycles. The van der Waals surface area contributed by atoms with Crippen LogP contribution in [0.15, 0.2) is 6.20 Å². The Labute approximate surface area is 123 Å². The Kier molecular flexibility index (Phi) is 5.61. The van der Waals surface area contributed by atoms with Crippen LogP contribution in [0.1, 0.15) is 57.3 Å². The van der Waals surface area contributed by atoms with Crippen LogP contribution >= 0.6 is 0 Å². The molecule has 0 atom stereocenters. The highest BCUT2D eigenvalue weighted by Crippen LogP contribution is 2.18. The number of hydrogen-bond acceptors (Lipinski definition) is 3. The van der Waals surface area contributed by atoms with Crippen molar-refractivity contribution in [3.63, 3.8) is 0 Å². The van der Waals surface area contributed by atoms with Crippen molar-refractivity contribution in [1.82, 2.24) is 20.0 Å². The lowest BCUT2D eigenvalue weighted by Gasteiger charge is -2.34. The fraction of sp³-hybridized carbons (Fsp3) is 0.812. The Hall–Kier alpha value is -0.870. The standard InChI is InChI=1S/C16H30N4/c1-5-10-19(16-6-8-17-9-7-16)11-15-12-20(13(2)3)18-14(15)4/h12-13,16-17H,5-11H2,1-4H3. The van der Waals surface area contributed by atoms with Gasteiger partial charge in [-0.25, -0.2) is 0 Å². The molecule has 1 aliphatic heterocycles. The fourth-order valence-electron chi connectivity index (χ4n) is 3.01. The summed E-state index contributed by atoms with van der Waals surface area (Å²) in [7, 11) is 0. The summed E-state index contributed by atoms with van der Waals surface area (Å²) in [6, 6.07) is 1.18. The Bertz CT molecular complexity index is 405. The summed E-state index contributed by atoms with van der Waals surface area (Å²) in [5, 5.41) is 8.11. The van der Waals surface area contributed by atoms with E-state index >= 15 is 0 Å². The number of nitrogens with zero attached hydrogens (tertiary/aromatic N) is 3. The third-order valence-electron chi connectivity index (χ3n) is 4.26. The van der Waals surface area contributed by atoms with Crippen LogP contribution in [0.5, 0.6) is 0 Å². The molecule has 0 radical (unpaired) electrons. The summed E-state index contributed by atoms with van der Waals surface area (Å²) >= 11 is 0. The average Bonchev–Trinajstić information content (AvgIpc) is 2.81. The van der Waals surface area contributed by atoms with Crippen molar-refractivity contribution in [3.8, 4) is 0 Å². The molecule has 1 saturated heterocycles. The van der Waals surface area contributed by atoms with Crippen LogP contribution in [0.3, 0.4) is 0 Å².